The number of nitrogens with zero attached hydrogens (tertiary/aromatic N) is 3. The van der Waals surface area contributed by atoms with Gasteiger partial charge in [-0.3, -0.25) is 9.88 Å². The van der Waals surface area contributed by atoms with E-state index in [-0.39, 0.29) is 0 Å². The smallest absolute Gasteiger partial charge is 0.141 e. The number of likely N-dealkylation sites (tertiary alicyclic amines) is 1. The number of anilines is 1. The zero-order valence-electron chi connectivity index (χ0n) is 10.8. The highest BCUT2D eigenvalue weighted by Crippen LogP contribution is 2.30. The minimum absolute atomic E-state index is 0.488. The Labute approximate surface area is 103 Å². The van der Waals surface area contributed by atoms with E-state index in [1.54, 1.807) is 12.4 Å². The SMILES string of the molecule is CC1(C)CCCN(Cc2cnc(N)cn2)CC1. The van der Waals surface area contributed by atoms with Gasteiger partial charge in [-0.2, -0.15) is 0 Å². The quantitative estimate of drug-likeness (QED) is 0.851. The Morgan fingerprint density at radius 3 is 2.76 bits per heavy atom. The van der Waals surface area contributed by atoms with Crippen LogP contribution in [0, 0.1) is 5.41 Å². The fraction of sp³-hybridized carbons (Fsp3) is 0.692. The van der Waals surface area contributed by atoms with Crippen molar-refractivity contribution in [1.82, 2.24) is 14.9 Å². The zero-order valence-corrected chi connectivity index (χ0v) is 10.8. The summed E-state index contributed by atoms with van der Waals surface area (Å²) in [5.41, 5.74) is 7.03. The Bertz CT molecular complexity index is 358. The van der Waals surface area contributed by atoms with Gasteiger partial charge < -0.3 is 5.73 Å². The van der Waals surface area contributed by atoms with E-state index in [9.17, 15) is 0 Å². The van der Waals surface area contributed by atoms with Gasteiger partial charge in [0.05, 0.1) is 18.1 Å². The molecule has 4 heteroatoms. The Balaban J connectivity index is 1.93. The fourth-order valence-corrected chi connectivity index (χ4v) is 2.31. The normalized spacial score (nSPS) is 21.1. The third kappa shape index (κ3) is 3.66. The van der Waals surface area contributed by atoms with E-state index in [1.807, 2.05) is 0 Å². The fourth-order valence-electron chi connectivity index (χ4n) is 2.31. The number of nitrogen functional groups attached to an aromatic ring is 1. The van der Waals surface area contributed by atoms with Gasteiger partial charge in [0.1, 0.15) is 5.82 Å². The topological polar surface area (TPSA) is 55.0 Å². The summed E-state index contributed by atoms with van der Waals surface area (Å²) in [6, 6.07) is 0. The van der Waals surface area contributed by atoms with Gasteiger partial charge in [-0.25, -0.2) is 4.98 Å². The summed E-state index contributed by atoms with van der Waals surface area (Å²) < 4.78 is 0. The molecule has 2 N–H and O–H groups in total. The summed E-state index contributed by atoms with van der Waals surface area (Å²) in [5, 5.41) is 0. The van der Waals surface area contributed by atoms with Gasteiger partial charge in [-0.05, 0) is 37.8 Å². The lowest BCUT2D eigenvalue weighted by Crippen LogP contribution is -2.25. The van der Waals surface area contributed by atoms with E-state index in [0.29, 0.717) is 11.2 Å². The molecule has 1 fully saturated rings. The van der Waals surface area contributed by atoms with Crippen molar-refractivity contribution in [2.45, 2.75) is 39.7 Å². The number of hydrogen-bond donors (Lipinski definition) is 1. The van der Waals surface area contributed by atoms with Crippen molar-refractivity contribution >= 4 is 5.82 Å². The van der Waals surface area contributed by atoms with Crippen LogP contribution in [-0.2, 0) is 6.54 Å². The average Bonchev–Trinajstić information content (AvgIpc) is 2.44. The lowest BCUT2D eigenvalue weighted by atomic mass is 9.85. The van der Waals surface area contributed by atoms with Crippen LogP contribution in [0.4, 0.5) is 5.82 Å². The first-order chi connectivity index (χ1) is 8.05. The van der Waals surface area contributed by atoms with E-state index >= 15 is 0 Å². The van der Waals surface area contributed by atoms with Crippen LogP contribution in [0.1, 0.15) is 38.8 Å². The maximum absolute atomic E-state index is 5.53. The molecule has 94 valence electrons. The molecule has 1 aromatic rings. The van der Waals surface area contributed by atoms with E-state index in [1.165, 1.54) is 19.3 Å². The van der Waals surface area contributed by atoms with Crippen LogP contribution in [0.15, 0.2) is 12.4 Å². The molecule has 0 atom stereocenters. The van der Waals surface area contributed by atoms with E-state index in [2.05, 4.69) is 28.7 Å². The summed E-state index contributed by atoms with van der Waals surface area (Å²) in [6.45, 7) is 7.93. The molecule has 1 aliphatic rings. The highest BCUT2D eigenvalue weighted by atomic mass is 15.1. The minimum Gasteiger partial charge on any atom is -0.382 e. The predicted molar refractivity (Wildman–Crippen MR) is 69.4 cm³/mol. The Morgan fingerprint density at radius 2 is 2.06 bits per heavy atom. The molecule has 0 spiro atoms. The Morgan fingerprint density at radius 1 is 1.24 bits per heavy atom. The van der Waals surface area contributed by atoms with Gasteiger partial charge in [-0.15, -0.1) is 0 Å². The molecule has 1 saturated heterocycles. The van der Waals surface area contributed by atoms with Crippen LogP contribution in [-0.4, -0.2) is 28.0 Å². The summed E-state index contributed by atoms with van der Waals surface area (Å²) in [7, 11) is 0. The summed E-state index contributed by atoms with van der Waals surface area (Å²) >= 11 is 0. The van der Waals surface area contributed by atoms with Crippen molar-refractivity contribution in [1.29, 1.82) is 0 Å². The van der Waals surface area contributed by atoms with Crippen LogP contribution in [0.25, 0.3) is 0 Å². The molecule has 17 heavy (non-hydrogen) atoms. The predicted octanol–water partition coefficient (Wildman–Crippen LogP) is 2.07. The first-order valence-electron chi connectivity index (χ1n) is 6.34. The first kappa shape index (κ1) is 12.3. The van der Waals surface area contributed by atoms with Crippen LogP contribution in [0.3, 0.4) is 0 Å². The number of aromatic nitrogens is 2. The molecule has 0 amide bonds. The molecular formula is C13H22N4. The molecule has 1 aromatic heterocycles. The molecule has 0 aromatic carbocycles. The zero-order chi connectivity index (χ0) is 12.3. The summed E-state index contributed by atoms with van der Waals surface area (Å²) in [6.07, 6.45) is 7.27. The number of rotatable bonds is 2. The third-order valence-electron chi connectivity index (χ3n) is 3.54. The minimum atomic E-state index is 0.488. The van der Waals surface area contributed by atoms with Crippen molar-refractivity contribution in [2.24, 2.45) is 5.41 Å². The lowest BCUT2D eigenvalue weighted by molar-refractivity contribution is 0.253. The standard InChI is InChI=1S/C13H22N4/c1-13(2)4-3-6-17(7-5-13)10-11-8-16-12(14)9-15-11/h8-9H,3-7,10H2,1-2H3,(H2,14,16). The van der Waals surface area contributed by atoms with Crippen molar-refractivity contribution in [3.8, 4) is 0 Å². The van der Waals surface area contributed by atoms with E-state index < -0.39 is 0 Å². The van der Waals surface area contributed by atoms with Gasteiger partial charge in [0.2, 0.25) is 0 Å². The monoisotopic (exact) mass is 234 g/mol. The van der Waals surface area contributed by atoms with Crippen molar-refractivity contribution in [3.05, 3.63) is 18.1 Å². The maximum Gasteiger partial charge on any atom is 0.141 e. The van der Waals surface area contributed by atoms with Gasteiger partial charge >= 0.3 is 0 Å². The Kier molecular flexibility index (Phi) is 3.62. The molecule has 0 saturated carbocycles. The Hall–Kier alpha value is -1.16. The first-order valence-corrected chi connectivity index (χ1v) is 6.34. The number of nitrogens with two attached hydrogens (primary N) is 1. The molecule has 4 nitrogen and oxygen atoms in total. The summed E-state index contributed by atoms with van der Waals surface area (Å²) in [5.74, 6) is 0.491. The molecule has 0 radical (unpaired) electrons. The van der Waals surface area contributed by atoms with Crippen LogP contribution in [0.2, 0.25) is 0 Å². The van der Waals surface area contributed by atoms with Gasteiger partial charge in [0.25, 0.3) is 0 Å². The second kappa shape index (κ2) is 5.00. The van der Waals surface area contributed by atoms with Crippen molar-refractivity contribution in [2.75, 3.05) is 18.8 Å². The van der Waals surface area contributed by atoms with E-state index in [0.717, 1.165) is 25.3 Å². The molecule has 1 aliphatic heterocycles. The summed E-state index contributed by atoms with van der Waals surface area (Å²) in [4.78, 5) is 10.9. The van der Waals surface area contributed by atoms with Gasteiger partial charge in [0.15, 0.2) is 0 Å². The van der Waals surface area contributed by atoms with Crippen molar-refractivity contribution < 1.29 is 0 Å². The van der Waals surface area contributed by atoms with Crippen LogP contribution in [0.5, 0.6) is 0 Å². The second-order valence-electron chi connectivity index (χ2n) is 5.73. The molecular weight excluding hydrogens is 212 g/mol. The average molecular weight is 234 g/mol. The van der Waals surface area contributed by atoms with Crippen LogP contribution < -0.4 is 5.73 Å². The molecule has 0 unspecified atom stereocenters. The van der Waals surface area contributed by atoms with Gasteiger partial charge in [0, 0.05) is 6.54 Å². The lowest BCUT2D eigenvalue weighted by Gasteiger charge is -2.23. The second-order valence-corrected chi connectivity index (χ2v) is 5.73. The largest absolute Gasteiger partial charge is 0.382 e. The molecule has 2 heterocycles. The molecule has 0 bridgehead atoms. The van der Waals surface area contributed by atoms with Gasteiger partial charge in [-0.1, -0.05) is 13.8 Å². The molecule has 0 aliphatic carbocycles. The maximum atomic E-state index is 5.53. The number of hydrogen-bond acceptors (Lipinski definition) is 4. The highest BCUT2D eigenvalue weighted by molar-refractivity contribution is 5.22. The highest BCUT2D eigenvalue weighted by Gasteiger charge is 2.23. The van der Waals surface area contributed by atoms with Crippen molar-refractivity contribution in [3.63, 3.8) is 0 Å². The third-order valence-corrected chi connectivity index (χ3v) is 3.54. The molecule has 2 rings (SSSR count). The van der Waals surface area contributed by atoms with E-state index in [4.69, 9.17) is 5.73 Å². The van der Waals surface area contributed by atoms with Crippen LogP contribution >= 0.6 is 0 Å².